The Labute approximate surface area is 192 Å². The maximum atomic E-state index is 12.6. The minimum absolute atomic E-state index is 0.0962. The molecule has 2 aromatic carbocycles. The summed E-state index contributed by atoms with van der Waals surface area (Å²) in [5, 5.41) is 3.68. The van der Waals surface area contributed by atoms with Crippen LogP contribution in [-0.2, 0) is 13.2 Å². The van der Waals surface area contributed by atoms with E-state index in [4.69, 9.17) is 16.3 Å². The number of H-pyrrole nitrogens is 1. The van der Waals surface area contributed by atoms with Crippen molar-refractivity contribution in [2.75, 3.05) is 13.1 Å². The van der Waals surface area contributed by atoms with Crippen molar-refractivity contribution in [1.29, 1.82) is 0 Å². The van der Waals surface area contributed by atoms with Crippen LogP contribution in [0.2, 0.25) is 5.02 Å². The monoisotopic (exact) mass is 451 g/mol. The molecule has 2 N–H and O–H groups in total. The first-order chi connectivity index (χ1) is 15.6. The molecule has 1 aromatic heterocycles. The van der Waals surface area contributed by atoms with Gasteiger partial charge >= 0.3 is 0 Å². The lowest BCUT2D eigenvalue weighted by Gasteiger charge is -2.32. The third-order valence-corrected chi connectivity index (χ3v) is 5.85. The number of carbonyl (C=O) groups excluding carboxylic acids is 1. The van der Waals surface area contributed by atoms with Gasteiger partial charge in [0.05, 0.1) is 0 Å². The highest BCUT2D eigenvalue weighted by Gasteiger charge is 2.21. The lowest BCUT2D eigenvalue weighted by Crippen LogP contribution is -2.44. The average Bonchev–Trinajstić information content (AvgIpc) is 2.81. The normalized spacial score (nSPS) is 14.8. The molecule has 7 heteroatoms. The largest absolute Gasteiger partial charge is 0.483 e. The maximum Gasteiger partial charge on any atom is 0.268 e. The first-order valence-electron chi connectivity index (χ1n) is 10.7. The molecule has 0 spiro atoms. The second kappa shape index (κ2) is 10.5. The third-order valence-electron chi connectivity index (χ3n) is 5.60. The van der Waals surface area contributed by atoms with Crippen LogP contribution in [-0.4, -0.2) is 34.9 Å². The van der Waals surface area contributed by atoms with E-state index in [1.54, 1.807) is 12.1 Å². The highest BCUT2D eigenvalue weighted by Crippen LogP contribution is 2.15. The van der Waals surface area contributed by atoms with Crippen molar-refractivity contribution in [3.05, 3.63) is 98.9 Å². The number of piperidine rings is 1. The van der Waals surface area contributed by atoms with Crippen molar-refractivity contribution in [3.63, 3.8) is 0 Å². The minimum atomic E-state index is -0.333. The summed E-state index contributed by atoms with van der Waals surface area (Å²) in [4.78, 5) is 30.3. The Hall–Kier alpha value is -3.09. The lowest BCUT2D eigenvalue weighted by molar-refractivity contribution is 0.0903. The molecule has 1 aliphatic rings. The van der Waals surface area contributed by atoms with Crippen molar-refractivity contribution in [3.8, 4) is 5.75 Å². The van der Waals surface area contributed by atoms with E-state index in [1.807, 2.05) is 18.2 Å². The van der Waals surface area contributed by atoms with Gasteiger partial charge in [-0.05, 0) is 36.1 Å². The molecular weight excluding hydrogens is 426 g/mol. The number of amides is 1. The number of benzene rings is 2. The number of hydrogen-bond acceptors (Lipinski definition) is 4. The van der Waals surface area contributed by atoms with Gasteiger partial charge in [0.2, 0.25) is 5.43 Å². The van der Waals surface area contributed by atoms with Crippen LogP contribution in [0, 0.1) is 0 Å². The third kappa shape index (κ3) is 5.99. The van der Waals surface area contributed by atoms with Gasteiger partial charge in [0.25, 0.3) is 5.91 Å². The van der Waals surface area contributed by atoms with Crippen LogP contribution in [0.5, 0.6) is 5.75 Å². The Morgan fingerprint density at radius 3 is 2.47 bits per heavy atom. The Morgan fingerprint density at radius 1 is 1.06 bits per heavy atom. The van der Waals surface area contributed by atoms with E-state index in [0.717, 1.165) is 38.0 Å². The number of hydrogen-bond donors (Lipinski definition) is 2. The molecule has 1 fully saturated rings. The Balaban J connectivity index is 1.27. The number of nitrogens with zero attached hydrogens (tertiary/aromatic N) is 1. The maximum absolute atomic E-state index is 12.6. The number of pyridine rings is 1. The predicted molar refractivity (Wildman–Crippen MR) is 125 cm³/mol. The van der Waals surface area contributed by atoms with Gasteiger partial charge in [-0.1, -0.05) is 54.1 Å². The second-order valence-electron chi connectivity index (χ2n) is 8.00. The van der Waals surface area contributed by atoms with Crippen LogP contribution in [0.25, 0.3) is 0 Å². The molecule has 0 aliphatic carbocycles. The topological polar surface area (TPSA) is 74.4 Å². The second-order valence-corrected chi connectivity index (χ2v) is 8.44. The van der Waals surface area contributed by atoms with Crippen molar-refractivity contribution in [1.82, 2.24) is 15.2 Å². The van der Waals surface area contributed by atoms with Crippen LogP contribution in [0.1, 0.15) is 34.5 Å². The summed E-state index contributed by atoms with van der Waals surface area (Å²) in [5.74, 6) is -0.0985. The molecule has 0 radical (unpaired) electrons. The van der Waals surface area contributed by atoms with Crippen molar-refractivity contribution in [2.24, 2.45) is 0 Å². The smallest absolute Gasteiger partial charge is 0.268 e. The Kier molecular flexibility index (Phi) is 7.24. The van der Waals surface area contributed by atoms with E-state index in [9.17, 15) is 9.59 Å². The summed E-state index contributed by atoms with van der Waals surface area (Å²) in [7, 11) is 0. The van der Waals surface area contributed by atoms with Crippen molar-refractivity contribution in [2.45, 2.75) is 32.0 Å². The summed E-state index contributed by atoms with van der Waals surface area (Å²) in [5.41, 5.74) is 2.10. The summed E-state index contributed by atoms with van der Waals surface area (Å²) in [6.07, 6.45) is 3.20. The number of aromatic amines is 1. The molecule has 0 saturated carbocycles. The Bertz CT molecular complexity index is 1090. The zero-order chi connectivity index (χ0) is 22.3. The number of carbonyl (C=O) groups is 1. The van der Waals surface area contributed by atoms with Gasteiger partial charge < -0.3 is 15.0 Å². The highest BCUT2D eigenvalue weighted by molar-refractivity contribution is 6.30. The van der Waals surface area contributed by atoms with Gasteiger partial charge in [-0.3, -0.25) is 14.5 Å². The molecule has 4 rings (SSSR count). The summed E-state index contributed by atoms with van der Waals surface area (Å²) >= 11 is 5.87. The van der Waals surface area contributed by atoms with Crippen molar-refractivity contribution >= 4 is 17.5 Å². The molecular formula is C25H26ClN3O3. The molecule has 1 saturated heterocycles. The molecule has 32 heavy (non-hydrogen) atoms. The molecule has 2 heterocycles. The fourth-order valence-corrected chi connectivity index (χ4v) is 3.91. The number of aromatic nitrogens is 1. The van der Waals surface area contributed by atoms with Crippen LogP contribution in [0.4, 0.5) is 0 Å². The molecule has 0 bridgehead atoms. The SMILES string of the molecule is O=C(NC1CCN(Cc2ccccc2)CC1)c1cc(=O)c(OCc2ccc(Cl)cc2)c[nH]1. The molecule has 3 aromatic rings. The fraction of sp³-hybridized carbons (Fsp3) is 0.280. The lowest BCUT2D eigenvalue weighted by atomic mass is 10.0. The number of halogens is 1. The first kappa shape index (κ1) is 22.1. The number of ether oxygens (including phenoxy) is 1. The van der Waals surface area contributed by atoms with Crippen LogP contribution >= 0.6 is 11.6 Å². The molecule has 6 nitrogen and oxygen atoms in total. The average molecular weight is 452 g/mol. The van der Waals surface area contributed by atoms with E-state index >= 15 is 0 Å². The number of nitrogens with one attached hydrogen (secondary N) is 2. The quantitative estimate of drug-likeness (QED) is 0.569. The molecule has 1 amide bonds. The summed E-state index contributed by atoms with van der Waals surface area (Å²) < 4.78 is 5.58. The van der Waals surface area contributed by atoms with Gasteiger partial charge in [-0.15, -0.1) is 0 Å². The van der Waals surface area contributed by atoms with Gasteiger partial charge in [-0.25, -0.2) is 0 Å². The fourth-order valence-electron chi connectivity index (χ4n) is 3.78. The standard InChI is InChI=1S/C25H26ClN3O3/c26-20-8-6-19(7-9-20)17-32-24-15-27-22(14-23(24)30)25(31)28-21-10-12-29(13-11-21)16-18-4-2-1-3-5-18/h1-9,14-15,21H,10-13,16-17H2,(H,27,30)(H,28,31). The zero-order valence-electron chi connectivity index (χ0n) is 17.7. The van der Waals surface area contributed by atoms with Crippen LogP contribution in [0.3, 0.4) is 0 Å². The van der Waals surface area contributed by atoms with Crippen LogP contribution in [0.15, 0.2) is 71.7 Å². The van der Waals surface area contributed by atoms with E-state index in [2.05, 4.69) is 39.5 Å². The zero-order valence-corrected chi connectivity index (χ0v) is 18.5. The van der Waals surface area contributed by atoms with Gasteiger partial charge in [0.1, 0.15) is 12.3 Å². The van der Waals surface area contributed by atoms with Gasteiger partial charge in [0.15, 0.2) is 5.75 Å². The molecule has 0 unspecified atom stereocenters. The molecule has 0 atom stereocenters. The van der Waals surface area contributed by atoms with Crippen LogP contribution < -0.4 is 15.5 Å². The van der Waals surface area contributed by atoms with E-state index < -0.39 is 0 Å². The molecule has 166 valence electrons. The molecule has 1 aliphatic heterocycles. The highest BCUT2D eigenvalue weighted by atomic mass is 35.5. The van der Waals surface area contributed by atoms with E-state index in [-0.39, 0.29) is 35.4 Å². The van der Waals surface area contributed by atoms with Gasteiger partial charge in [0, 0.05) is 43.0 Å². The summed E-state index contributed by atoms with van der Waals surface area (Å²) in [6, 6.07) is 19.0. The predicted octanol–water partition coefficient (Wildman–Crippen LogP) is 4.00. The Morgan fingerprint density at radius 2 is 1.78 bits per heavy atom. The van der Waals surface area contributed by atoms with E-state index in [1.165, 1.54) is 17.8 Å². The first-order valence-corrected chi connectivity index (χ1v) is 11.1. The number of likely N-dealkylation sites (tertiary alicyclic amines) is 1. The minimum Gasteiger partial charge on any atom is -0.483 e. The van der Waals surface area contributed by atoms with Gasteiger partial charge in [-0.2, -0.15) is 0 Å². The summed E-state index contributed by atoms with van der Waals surface area (Å²) in [6.45, 7) is 3.02. The van der Waals surface area contributed by atoms with E-state index in [0.29, 0.717) is 5.02 Å². The number of rotatable bonds is 7. The van der Waals surface area contributed by atoms with Crippen molar-refractivity contribution < 1.29 is 9.53 Å².